The van der Waals surface area contributed by atoms with Crippen LogP contribution in [-0.2, 0) is 0 Å². The van der Waals surface area contributed by atoms with Gasteiger partial charge in [-0.15, -0.1) is 0 Å². The molecule has 1 amide bonds. The number of nitro benzene ring substituents is 1. The SMILES string of the molecule is O=C(NCC(c1cccc(Cl)c1)N1CCCC1)c1ccc([N+](=O)[O-])cc1Cl. The highest BCUT2D eigenvalue weighted by Gasteiger charge is 2.25. The fourth-order valence-corrected chi connectivity index (χ4v) is 3.77. The van der Waals surface area contributed by atoms with Crippen molar-refractivity contribution in [1.29, 1.82) is 0 Å². The Morgan fingerprint density at radius 1 is 1.19 bits per heavy atom. The molecule has 1 saturated heterocycles. The average Bonchev–Trinajstić information content (AvgIpc) is 3.16. The summed E-state index contributed by atoms with van der Waals surface area (Å²) in [5, 5.41) is 14.4. The van der Waals surface area contributed by atoms with Crippen LogP contribution in [0.25, 0.3) is 0 Å². The summed E-state index contributed by atoms with van der Waals surface area (Å²) in [6.45, 7) is 2.32. The molecule has 2 aromatic carbocycles. The molecule has 6 nitrogen and oxygen atoms in total. The van der Waals surface area contributed by atoms with Crippen molar-refractivity contribution in [3.8, 4) is 0 Å². The van der Waals surface area contributed by atoms with E-state index in [1.807, 2.05) is 24.3 Å². The largest absolute Gasteiger partial charge is 0.350 e. The van der Waals surface area contributed by atoms with Crippen molar-refractivity contribution < 1.29 is 9.72 Å². The molecule has 27 heavy (non-hydrogen) atoms. The molecule has 1 aliphatic heterocycles. The Labute approximate surface area is 167 Å². The van der Waals surface area contributed by atoms with Gasteiger partial charge in [0.25, 0.3) is 11.6 Å². The van der Waals surface area contributed by atoms with Gasteiger partial charge in [0.2, 0.25) is 0 Å². The van der Waals surface area contributed by atoms with Crippen LogP contribution < -0.4 is 5.32 Å². The Hall–Kier alpha value is -2.15. The van der Waals surface area contributed by atoms with E-state index < -0.39 is 4.92 Å². The van der Waals surface area contributed by atoms with Gasteiger partial charge in [-0.2, -0.15) is 0 Å². The molecule has 0 bridgehead atoms. The second kappa shape index (κ2) is 8.69. The molecule has 3 rings (SSSR count). The molecule has 1 fully saturated rings. The number of benzene rings is 2. The van der Waals surface area contributed by atoms with Gasteiger partial charge in [0.05, 0.1) is 21.6 Å². The fourth-order valence-electron chi connectivity index (χ4n) is 3.31. The van der Waals surface area contributed by atoms with Gasteiger partial charge in [-0.25, -0.2) is 0 Å². The van der Waals surface area contributed by atoms with Crippen LogP contribution >= 0.6 is 23.2 Å². The third-order valence-electron chi connectivity index (χ3n) is 4.68. The van der Waals surface area contributed by atoms with Gasteiger partial charge in [0.1, 0.15) is 0 Å². The monoisotopic (exact) mass is 407 g/mol. The molecule has 0 radical (unpaired) electrons. The summed E-state index contributed by atoms with van der Waals surface area (Å²) in [7, 11) is 0. The van der Waals surface area contributed by atoms with Crippen LogP contribution in [0, 0.1) is 10.1 Å². The maximum atomic E-state index is 12.6. The number of nitro groups is 1. The molecule has 0 aliphatic carbocycles. The van der Waals surface area contributed by atoms with Crippen LogP contribution in [0.15, 0.2) is 42.5 Å². The van der Waals surface area contributed by atoms with Crippen LogP contribution in [0.2, 0.25) is 10.0 Å². The molecule has 142 valence electrons. The smallest absolute Gasteiger partial charge is 0.270 e. The third kappa shape index (κ3) is 4.77. The van der Waals surface area contributed by atoms with Gasteiger partial charge in [0, 0.05) is 23.7 Å². The number of rotatable bonds is 6. The molecule has 1 heterocycles. The minimum Gasteiger partial charge on any atom is -0.350 e. The highest BCUT2D eigenvalue weighted by molar-refractivity contribution is 6.34. The van der Waals surface area contributed by atoms with Crippen molar-refractivity contribution in [2.24, 2.45) is 0 Å². The zero-order valence-corrected chi connectivity index (χ0v) is 16.0. The zero-order chi connectivity index (χ0) is 19.4. The lowest BCUT2D eigenvalue weighted by atomic mass is 10.1. The van der Waals surface area contributed by atoms with Crippen molar-refractivity contribution in [3.05, 3.63) is 73.8 Å². The van der Waals surface area contributed by atoms with Crippen LogP contribution in [0.1, 0.15) is 34.8 Å². The molecule has 8 heteroatoms. The highest BCUT2D eigenvalue weighted by atomic mass is 35.5. The van der Waals surface area contributed by atoms with Crippen molar-refractivity contribution >= 4 is 34.8 Å². The first kappa shape index (κ1) is 19.6. The van der Waals surface area contributed by atoms with Gasteiger partial charge in [0.15, 0.2) is 0 Å². The third-order valence-corrected chi connectivity index (χ3v) is 5.23. The van der Waals surface area contributed by atoms with E-state index in [2.05, 4.69) is 10.2 Å². The van der Waals surface area contributed by atoms with Crippen LogP contribution in [0.3, 0.4) is 0 Å². The van der Waals surface area contributed by atoms with Gasteiger partial charge in [-0.05, 0) is 49.7 Å². The summed E-state index contributed by atoms with van der Waals surface area (Å²) >= 11 is 12.2. The van der Waals surface area contributed by atoms with Crippen molar-refractivity contribution in [3.63, 3.8) is 0 Å². The average molecular weight is 408 g/mol. The summed E-state index contributed by atoms with van der Waals surface area (Å²) in [6, 6.07) is 11.5. The number of carbonyl (C=O) groups is 1. The number of amides is 1. The van der Waals surface area contributed by atoms with Crippen molar-refractivity contribution in [1.82, 2.24) is 10.2 Å². The lowest BCUT2D eigenvalue weighted by Gasteiger charge is -2.28. The van der Waals surface area contributed by atoms with Crippen LogP contribution in [0.4, 0.5) is 5.69 Å². The second-order valence-corrected chi connectivity index (χ2v) is 7.29. The molecule has 0 aromatic heterocycles. The minimum absolute atomic E-state index is 0.00646. The number of hydrogen-bond acceptors (Lipinski definition) is 4. The normalized spacial score (nSPS) is 15.5. The Balaban J connectivity index is 1.75. The molecule has 0 saturated carbocycles. The molecule has 1 N–H and O–H groups in total. The summed E-state index contributed by atoms with van der Waals surface area (Å²) in [5.41, 5.74) is 1.11. The lowest BCUT2D eigenvalue weighted by molar-refractivity contribution is -0.384. The maximum Gasteiger partial charge on any atom is 0.270 e. The number of nitrogens with one attached hydrogen (secondary N) is 1. The minimum atomic E-state index is -0.546. The number of carbonyl (C=O) groups excluding carboxylic acids is 1. The quantitative estimate of drug-likeness (QED) is 0.565. The molecule has 2 aromatic rings. The van der Waals surface area contributed by atoms with E-state index >= 15 is 0 Å². The zero-order valence-electron chi connectivity index (χ0n) is 14.5. The number of halogens is 2. The van der Waals surface area contributed by atoms with Gasteiger partial charge < -0.3 is 5.32 Å². The second-order valence-electron chi connectivity index (χ2n) is 6.45. The van der Waals surface area contributed by atoms with E-state index in [4.69, 9.17) is 23.2 Å². The van der Waals surface area contributed by atoms with Gasteiger partial charge in [-0.1, -0.05) is 35.3 Å². The Bertz CT molecular complexity index is 854. The number of nitrogens with zero attached hydrogens (tertiary/aromatic N) is 2. The summed E-state index contributed by atoms with van der Waals surface area (Å²) in [6.07, 6.45) is 2.25. The fraction of sp³-hybridized carbons (Fsp3) is 0.316. The Morgan fingerprint density at radius 3 is 2.56 bits per heavy atom. The van der Waals surface area contributed by atoms with Crippen LogP contribution in [0.5, 0.6) is 0 Å². The van der Waals surface area contributed by atoms with E-state index in [9.17, 15) is 14.9 Å². The highest BCUT2D eigenvalue weighted by Crippen LogP contribution is 2.27. The molecule has 1 atom stereocenters. The predicted octanol–water partition coefficient (Wildman–Crippen LogP) is 4.47. The van der Waals surface area contributed by atoms with E-state index in [0.29, 0.717) is 11.6 Å². The summed E-state index contributed by atoms with van der Waals surface area (Å²) in [4.78, 5) is 25.1. The van der Waals surface area contributed by atoms with Gasteiger partial charge in [-0.3, -0.25) is 19.8 Å². The lowest BCUT2D eigenvalue weighted by Crippen LogP contribution is -2.36. The van der Waals surface area contributed by atoms with Gasteiger partial charge >= 0.3 is 0 Å². The first-order chi connectivity index (χ1) is 13.0. The Morgan fingerprint density at radius 2 is 1.93 bits per heavy atom. The van der Waals surface area contributed by atoms with Crippen LogP contribution in [-0.4, -0.2) is 35.4 Å². The van der Waals surface area contributed by atoms with E-state index in [1.165, 1.54) is 18.2 Å². The number of hydrogen-bond donors (Lipinski definition) is 1. The van der Waals surface area contributed by atoms with Crippen molar-refractivity contribution in [2.45, 2.75) is 18.9 Å². The van der Waals surface area contributed by atoms with E-state index in [0.717, 1.165) is 31.5 Å². The van der Waals surface area contributed by atoms with Crippen molar-refractivity contribution in [2.75, 3.05) is 19.6 Å². The number of likely N-dealkylation sites (tertiary alicyclic amines) is 1. The molecular weight excluding hydrogens is 389 g/mol. The van der Waals surface area contributed by atoms with E-state index in [-0.39, 0.29) is 28.2 Å². The van der Waals surface area contributed by atoms with E-state index in [1.54, 1.807) is 0 Å². The molecule has 1 unspecified atom stereocenters. The first-order valence-corrected chi connectivity index (χ1v) is 9.43. The predicted molar refractivity (Wildman–Crippen MR) is 105 cm³/mol. The standard InChI is InChI=1S/C19H19Cl2N3O3/c20-14-5-3-4-13(10-14)18(23-8-1-2-9-23)12-22-19(25)16-7-6-15(24(26)27)11-17(16)21/h3-7,10-11,18H,1-2,8-9,12H2,(H,22,25). The summed E-state index contributed by atoms with van der Waals surface area (Å²) in [5.74, 6) is -0.360. The Kier molecular flexibility index (Phi) is 6.31. The summed E-state index contributed by atoms with van der Waals surface area (Å²) < 4.78 is 0. The first-order valence-electron chi connectivity index (χ1n) is 8.67. The molecule has 0 spiro atoms. The maximum absolute atomic E-state index is 12.6. The molecular formula is C19H19Cl2N3O3. The topological polar surface area (TPSA) is 75.5 Å². The molecule has 1 aliphatic rings. The number of non-ortho nitro benzene ring substituents is 1.